The number of rotatable bonds is 6. The van der Waals surface area contributed by atoms with Gasteiger partial charge in [0.05, 0.1) is 5.41 Å². The monoisotopic (exact) mass is 471 g/mol. The number of fused-ring (bicyclic) bond motifs is 1. The van der Waals surface area contributed by atoms with Crippen LogP contribution in [-0.4, -0.2) is 28.5 Å². The molecule has 1 aromatic carbocycles. The van der Waals surface area contributed by atoms with Gasteiger partial charge in [0.25, 0.3) is 0 Å². The highest BCUT2D eigenvalue weighted by atomic mass is 35.5. The molecule has 1 aliphatic rings. The van der Waals surface area contributed by atoms with Crippen LogP contribution in [0.4, 0.5) is 0 Å². The standard InChI is InChI=1S/C22H26ClNO4S.ClH/c1-5-21(2,3)20(27)28-18-12-14-13-24(11-10-17(14)29-18)22(4,19(25)26)15-8-6-7-9-16(15)23;/h6-9,12H,5,10-11,13H2,1-4H3,(H,25,26);1H/t22-;/m0./s1. The predicted octanol–water partition coefficient (Wildman–Crippen LogP) is 5.52. The first-order chi connectivity index (χ1) is 13.6. The molecule has 0 aliphatic carbocycles. The molecule has 1 atom stereocenters. The zero-order valence-electron chi connectivity index (χ0n) is 17.5. The third-order valence-corrected chi connectivity index (χ3v) is 7.37. The summed E-state index contributed by atoms with van der Waals surface area (Å²) in [6.45, 7) is 8.42. The second kappa shape index (κ2) is 9.27. The summed E-state index contributed by atoms with van der Waals surface area (Å²) in [7, 11) is 0. The lowest BCUT2D eigenvalue weighted by molar-refractivity contribution is -0.152. The van der Waals surface area contributed by atoms with E-state index in [2.05, 4.69) is 0 Å². The molecule has 0 radical (unpaired) electrons. The Kier molecular flexibility index (Phi) is 7.62. The first-order valence-corrected chi connectivity index (χ1v) is 10.9. The van der Waals surface area contributed by atoms with Gasteiger partial charge in [-0.15, -0.1) is 23.7 Å². The van der Waals surface area contributed by atoms with E-state index in [1.165, 1.54) is 11.3 Å². The Labute approximate surface area is 192 Å². The van der Waals surface area contributed by atoms with Gasteiger partial charge in [0.1, 0.15) is 5.54 Å². The first-order valence-electron chi connectivity index (χ1n) is 9.67. The number of thiophene rings is 1. The molecule has 0 saturated heterocycles. The van der Waals surface area contributed by atoms with Gasteiger partial charge >= 0.3 is 11.9 Å². The number of benzene rings is 1. The molecule has 0 amide bonds. The van der Waals surface area contributed by atoms with Gasteiger partial charge in [-0.25, -0.2) is 4.79 Å². The molecule has 1 aliphatic heterocycles. The van der Waals surface area contributed by atoms with Crippen LogP contribution < -0.4 is 4.74 Å². The molecule has 0 spiro atoms. The first kappa shape index (κ1) is 24.7. The summed E-state index contributed by atoms with van der Waals surface area (Å²) >= 11 is 7.81. The van der Waals surface area contributed by atoms with Gasteiger partial charge in [-0.2, -0.15) is 0 Å². The zero-order chi connectivity index (χ0) is 21.4. The van der Waals surface area contributed by atoms with Crippen LogP contribution in [0.5, 0.6) is 5.06 Å². The molecule has 0 unspecified atom stereocenters. The molecule has 0 fully saturated rings. The summed E-state index contributed by atoms with van der Waals surface area (Å²) < 4.78 is 5.62. The predicted molar refractivity (Wildman–Crippen MR) is 122 cm³/mol. The quantitative estimate of drug-likeness (QED) is 0.561. The van der Waals surface area contributed by atoms with Gasteiger partial charge < -0.3 is 9.84 Å². The van der Waals surface area contributed by atoms with Crippen LogP contribution >= 0.6 is 35.3 Å². The summed E-state index contributed by atoms with van der Waals surface area (Å²) in [6, 6.07) is 8.94. The van der Waals surface area contributed by atoms with Crippen LogP contribution in [0.25, 0.3) is 0 Å². The van der Waals surface area contributed by atoms with Gasteiger partial charge in [-0.3, -0.25) is 9.69 Å². The maximum absolute atomic E-state index is 12.4. The molecule has 1 N–H and O–H groups in total. The number of carboxylic acids is 1. The molecule has 3 rings (SSSR count). The lowest BCUT2D eigenvalue weighted by atomic mass is 9.88. The lowest BCUT2D eigenvalue weighted by Crippen LogP contribution is -2.51. The fourth-order valence-electron chi connectivity index (χ4n) is 3.39. The normalized spacial score (nSPS) is 16.2. The van der Waals surface area contributed by atoms with E-state index in [0.717, 1.165) is 10.4 Å². The van der Waals surface area contributed by atoms with Crippen molar-refractivity contribution >= 4 is 47.3 Å². The van der Waals surface area contributed by atoms with Gasteiger partial charge in [-0.05, 0) is 51.3 Å². The minimum Gasteiger partial charge on any atom is -0.480 e. The van der Waals surface area contributed by atoms with E-state index in [9.17, 15) is 14.7 Å². The Balaban J connectivity index is 0.00000320. The van der Waals surface area contributed by atoms with Gasteiger partial charge in [0.15, 0.2) is 5.06 Å². The number of hydrogen-bond donors (Lipinski definition) is 1. The summed E-state index contributed by atoms with van der Waals surface area (Å²) in [6.07, 6.45) is 1.39. The Hall–Kier alpha value is -1.60. The average Bonchev–Trinajstić information content (AvgIpc) is 3.08. The van der Waals surface area contributed by atoms with Crippen LogP contribution in [0, 0.1) is 5.41 Å². The van der Waals surface area contributed by atoms with Crippen LogP contribution in [0.15, 0.2) is 30.3 Å². The minimum absolute atomic E-state index is 0. The number of hydrogen-bond acceptors (Lipinski definition) is 5. The van der Waals surface area contributed by atoms with Crippen molar-refractivity contribution in [1.82, 2.24) is 4.90 Å². The second-order valence-corrected chi connectivity index (χ2v) is 9.68. The highest BCUT2D eigenvalue weighted by Crippen LogP contribution is 2.40. The third kappa shape index (κ3) is 4.52. The van der Waals surface area contributed by atoms with E-state index in [1.54, 1.807) is 31.2 Å². The number of carbonyl (C=O) groups is 2. The number of carboxylic acid groups (broad SMARTS) is 1. The molecule has 5 nitrogen and oxygen atoms in total. The Morgan fingerprint density at radius 2 is 1.93 bits per heavy atom. The SMILES string of the molecule is CCC(C)(C)C(=O)Oc1cc2c(s1)CCN([C@](C)(C(=O)O)c1ccccc1Cl)C2.Cl. The van der Waals surface area contributed by atoms with Crippen molar-refractivity contribution in [2.24, 2.45) is 5.41 Å². The van der Waals surface area contributed by atoms with Crippen LogP contribution in [0.3, 0.4) is 0 Å². The summed E-state index contributed by atoms with van der Waals surface area (Å²) in [5.74, 6) is -1.19. The smallest absolute Gasteiger partial charge is 0.328 e. The number of aliphatic carboxylic acids is 1. The van der Waals surface area contributed by atoms with Crippen LogP contribution in [0.1, 0.15) is 50.1 Å². The van der Waals surface area contributed by atoms with Crippen molar-refractivity contribution in [2.75, 3.05) is 6.54 Å². The second-order valence-electron chi connectivity index (χ2n) is 8.17. The summed E-state index contributed by atoms with van der Waals surface area (Å²) in [4.78, 5) is 27.8. The number of ether oxygens (including phenoxy) is 1. The van der Waals surface area contributed by atoms with Crippen molar-refractivity contribution in [2.45, 2.75) is 52.6 Å². The van der Waals surface area contributed by atoms with E-state index in [0.29, 0.717) is 41.6 Å². The highest BCUT2D eigenvalue weighted by molar-refractivity contribution is 7.14. The number of halogens is 2. The maximum Gasteiger partial charge on any atom is 0.328 e. The van der Waals surface area contributed by atoms with Crippen molar-refractivity contribution in [3.05, 3.63) is 51.4 Å². The topological polar surface area (TPSA) is 66.8 Å². The van der Waals surface area contributed by atoms with E-state index >= 15 is 0 Å². The maximum atomic E-state index is 12.4. The average molecular weight is 472 g/mol. The highest BCUT2D eigenvalue weighted by Gasteiger charge is 2.44. The minimum atomic E-state index is -1.25. The molecule has 164 valence electrons. The Morgan fingerprint density at radius 1 is 1.27 bits per heavy atom. The molecule has 1 aromatic heterocycles. The van der Waals surface area contributed by atoms with Gasteiger partial charge in [0.2, 0.25) is 0 Å². The molecule has 0 bridgehead atoms. The van der Waals surface area contributed by atoms with E-state index in [1.807, 2.05) is 31.7 Å². The molecule has 8 heteroatoms. The van der Waals surface area contributed by atoms with Crippen LogP contribution in [0.2, 0.25) is 5.02 Å². The lowest BCUT2D eigenvalue weighted by Gasteiger charge is -2.40. The summed E-state index contributed by atoms with van der Waals surface area (Å²) in [5.41, 5.74) is -0.219. The molecule has 30 heavy (non-hydrogen) atoms. The van der Waals surface area contributed by atoms with Crippen molar-refractivity contribution in [3.8, 4) is 5.06 Å². The molecule has 0 saturated carbocycles. The van der Waals surface area contributed by atoms with Crippen LogP contribution in [-0.2, 0) is 28.1 Å². The van der Waals surface area contributed by atoms with E-state index < -0.39 is 16.9 Å². The molecular weight excluding hydrogens is 445 g/mol. The van der Waals surface area contributed by atoms with Gasteiger partial charge in [0, 0.05) is 28.6 Å². The number of carbonyl (C=O) groups excluding carboxylic acids is 1. The Morgan fingerprint density at radius 3 is 2.53 bits per heavy atom. The van der Waals surface area contributed by atoms with Crippen molar-refractivity contribution in [3.63, 3.8) is 0 Å². The number of nitrogens with zero attached hydrogens (tertiary/aromatic N) is 1. The zero-order valence-corrected chi connectivity index (χ0v) is 19.9. The van der Waals surface area contributed by atoms with Gasteiger partial charge in [-0.1, -0.05) is 36.7 Å². The van der Waals surface area contributed by atoms with E-state index in [-0.39, 0.29) is 18.4 Å². The fourth-order valence-corrected chi connectivity index (χ4v) is 4.72. The van der Waals surface area contributed by atoms with Crippen molar-refractivity contribution in [1.29, 1.82) is 0 Å². The Bertz CT molecular complexity index is 943. The molecule has 2 aromatic rings. The van der Waals surface area contributed by atoms with Crippen molar-refractivity contribution < 1.29 is 19.4 Å². The van der Waals surface area contributed by atoms with E-state index in [4.69, 9.17) is 16.3 Å². The summed E-state index contributed by atoms with van der Waals surface area (Å²) in [5, 5.41) is 11.1. The molecule has 2 heterocycles. The fraction of sp³-hybridized carbons (Fsp3) is 0.455. The largest absolute Gasteiger partial charge is 0.480 e. The third-order valence-electron chi connectivity index (χ3n) is 5.92. The molecular formula is C22H27Cl2NO4S. The number of esters is 1.